The molecule has 1 aromatic rings. The zero-order valence-electron chi connectivity index (χ0n) is 9.02. The molecular formula is C12H17NO2. The number of pyridine rings is 1. The molecule has 0 saturated heterocycles. The summed E-state index contributed by atoms with van der Waals surface area (Å²) < 4.78 is 5.12. The number of hydrogen-bond acceptors (Lipinski definition) is 3. The van der Waals surface area contributed by atoms with E-state index < -0.39 is 6.10 Å². The highest BCUT2D eigenvalue weighted by atomic mass is 16.5. The molecule has 0 aromatic carbocycles. The molecule has 15 heavy (non-hydrogen) atoms. The van der Waals surface area contributed by atoms with E-state index in [1.54, 1.807) is 13.3 Å². The first-order valence-corrected chi connectivity index (χ1v) is 5.48. The van der Waals surface area contributed by atoms with Gasteiger partial charge >= 0.3 is 0 Å². The number of ether oxygens (including phenoxy) is 1. The van der Waals surface area contributed by atoms with Crippen LogP contribution in [0.1, 0.15) is 37.4 Å². The largest absolute Gasteiger partial charge is 0.481 e. The second-order valence-electron chi connectivity index (χ2n) is 4.14. The van der Waals surface area contributed by atoms with Crippen molar-refractivity contribution in [1.29, 1.82) is 0 Å². The molecule has 0 aliphatic heterocycles. The van der Waals surface area contributed by atoms with E-state index >= 15 is 0 Å². The van der Waals surface area contributed by atoms with Crippen LogP contribution in [-0.4, -0.2) is 17.2 Å². The number of aliphatic hydroxyl groups is 1. The predicted octanol–water partition coefficient (Wildman–Crippen LogP) is 2.31. The fourth-order valence-corrected chi connectivity index (χ4v) is 1.78. The molecule has 82 valence electrons. The summed E-state index contributed by atoms with van der Waals surface area (Å²) in [6.07, 6.45) is 5.82. The maximum absolute atomic E-state index is 9.99. The summed E-state index contributed by atoms with van der Waals surface area (Å²) in [6.45, 7) is 0. The summed E-state index contributed by atoms with van der Waals surface area (Å²) in [5.41, 5.74) is 0.806. The Hall–Kier alpha value is -1.09. The fourth-order valence-electron chi connectivity index (χ4n) is 1.78. The molecule has 1 unspecified atom stereocenters. The molecule has 3 nitrogen and oxygen atoms in total. The van der Waals surface area contributed by atoms with Crippen molar-refractivity contribution in [2.24, 2.45) is 5.92 Å². The predicted molar refractivity (Wildman–Crippen MR) is 57.7 cm³/mol. The summed E-state index contributed by atoms with van der Waals surface area (Å²) in [7, 11) is 1.58. The molecule has 1 aromatic heterocycles. The lowest BCUT2D eigenvalue weighted by Gasteiger charge is -2.13. The number of aliphatic hydroxyl groups excluding tert-OH is 1. The van der Waals surface area contributed by atoms with E-state index in [1.807, 2.05) is 12.1 Å². The topological polar surface area (TPSA) is 42.4 Å². The quantitative estimate of drug-likeness (QED) is 0.805. The van der Waals surface area contributed by atoms with Crippen molar-refractivity contribution in [3.63, 3.8) is 0 Å². The van der Waals surface area contributed by atoms with Gasteiger partial charge in [-0.15, -0.1) is 0 Å². The molecule has 1 atom stereocenters. The minimum atomic E-state index is -0.436. The first-order valence-electron chi connectivity index (χ1n) is 5.48. The average molecular weight is 207 g/mol. The molecule has 3 heteroatoms. The van der Waals surface area contributed by atoms with E-state index in [-0.39, 0.29) is 0 Å². The average Bonchev–Trinajstić information content (AvgIpc) is 3.09. The number of nitrogens with zero attached hydrogens (tertiary/aromatic N) is 1. The van der Waals surface area contributed by atoms with Gasteiger partial charge in [0.15, 0.2) is 0 Å². The van der Waals surface area contributed by atoms with Gasteiger partial charge in [-0.1, -0.05) is 12.8 Å². The van der Waals surface area contributed by atoms with Crippen molar-refractivity contribution in [3.05, 3.63) is 23.9 Å². The second kappa shape index (κ2) is 4.62. The molecule has 0 amide bonds. The highest BCUT2D eigenvalue weighted by Gasteiger charge is 2.23. The Morgan fingerprint density at radius 3 is 3.07 bits per heavy atom. The zero-order valence-corrected chi connectivity index (χ0v) is 9.02. The van der Waals surface area contributed by atoms with Crippen LogP contribution in [0.5, 0.6) is 5.88 Å². The lowest BCUT2D eigenvalue weighted by Crippen LogP contribution is -2.02. The van der Waals surface area contributed by atoms with Crippen LogP contribution < -0.4 is 4.74 Å². The third-order valence-corrected chi connectivity index (χ3v) is 2.90. The van der Waals surface area contributed by atoms with Gasteiger partial charge in [-0.2, -0.15) is 0 Å². The number of hydrogen-bond donors (Lipinski definition) is 1. The van der Waals surface area contributed by atoms with E-state index in [0.717, 1.165) is 24.3 Å². The minimum Gasteiger partial charge on any atom is -0.481 e. The fraction of sp³-hybridized carbons (Fsp3) is 0.583. The normalized spacial score (nSPS) is 17.5. The third-order valence-electron chi connectivity index (χ3n) is 2.90. The standard InChI is InChI=1S/C12H17NO2/c1-15-12-10(3-2-8-13-12)11(14)7-6-9-4-5-9/h2-3,8-9,11,14H,4-7H2,1H3. The summed E-state index contributed by atoms with van der Waals surface area (Å²) in [4.78, 5) is 4.08. The molecule has 0 bridgehead atoms. The number of methoxy groups -OCH3 is 1. The highest BCUT2D eigenvalue weighted by Crippen LogP contribution is 2.36. The Morgan fingerprint density at radius 1 is 1.60 bits per heavy atom. The highest BCUT2D eigenvalue weighted by molar-refractivity contribution is 5.27. The van der Waals surface area contributed by atoms with Gasteiger partial charge in [0.25, 0.3) is 0 Å². The van der Waals surface area contributed by atoms with Crippen LogP contribution in [0.25, 0.3) is 0 Å². The number of aromatic nitrogens is 1. The van der Waals surface area contributed by atoms with Crippen molar-refractivity contribution in [1.82, 2.24) is 4.98 Å². The van der Waals surface area contributed by atoms with Crippen molar-refractivity contribution in [2.45, 2.75) is 31.8 Å². The summed E-state index contributed by atoms with van der Waals surface area (Å²) in [5, 5.41) is 9.99. The molecule has 1 N–H and O–H groups in total. The van der Waals surface area contributed by atoms with Gasteiger partial charge in [-0.05, 0) is 30.9 Å². The molecule has 0 spiro atoms. The van der Waals surface area contributed by atoms with Gasteiger partial charge in [0.2, 0.25) is 5.88 Å². The SMILES string of the molecule is COc1ncccc1C(O)CCC1CC1. The van der Waals surface area contributed by atoms with Crippen LogP contribution in [0.3, 0.4) is 0 Å². The van der Waals surface area contributed by atoms with E-state index in [4.69, 9.17) is 4.74 Å². The van der Waals surface area contributed by atoms with Crippen LogP contribution in [0.4, 0.5) is 0 Å². The lowest BCUT2D eigenvalue weighted by atomic mass is 10.0. The van der Waals surface area contributed by atoms with Gasteiger partial charge in [0, 0.05) is 11.8 Å². The maximum Gasteiger partial charge on any atom is 0.218 e. The van der Waals surface area contributed by atoms with Crippen molar-refractivity contribution < 1.29 is 9.84 Å². The van der Waals surface area contributed by atoms with Gasteiger partial charge in [0.1, 0.15) is 0 Å². The summed E-state index contributed by atoms with van der Waals surface area (Å²) in [6, 6.07) is 3.71. The van der Waals surface area contributed by atoms with Crippen LogP contribution in [0.15, 0.2) is 18.3 Å². The van der Waals surface area contributed by atoms with Crippen molar-refractivity contribution in [3.8, 4) is 5.88 Å². The van der Waals surface area contributed by atoms with E-state index in [0.29, 0.717) is 5.88 Å². The van der Waals surface area contributed by atoms with Crippen LogP contribution in [0.2, 0.25) is 0 Å². The molecule has 1 fully saturated rings. The minimum absolute atomic E-state index is 0.436. The Labute approximate surface area is 90.1 Å². The maximum atomic E-state index is 9.99. The Morgan fingerprint density at radius 2 is 2.40 bits per heavy atom. The molecule has 2 rings (SSSR count). The van der Waals surface area contributed by atoms with E-state index in [1.165, 1.54) is 12.8 Å². The molecule has 1 aliphatic rings. The Bertz CT molecular complexity index is 323. The van der Waals surface area contributed by atoms with Crippen molar-refractivity contribution >= 4 is 0 Å². The molecule has 1 saturated carbocycles. The molecule has 1 aliphatic carbocycles. The van der Waals surface area contributed by atoms with Gasteiger partial charge in [-0.3, -0.25) is 0 Å². The van der Waals surface area contributed by atoms with Crippen molar-refractivity contribution in [2.75, 3.05) is 7.11 Å². The molecule has 0 radical (unpaired) electrons. The third kappa shape index (κ3) is 2.69. The first kappa shape index (κ1) is 10.4. The molecular weight excluding hydrogens is 190 g/mol. The lowest BCUT2D eigenvalue weighted by molar-refractivity contribution is 0.157. The zero-order chi connectivity index (χ0) is 10.7. The van der Waals surface area contributed by atoms with Crippen LogP contribution in [0, 0.1) is 5.92 Å². The van der Waals surface area contributed by atoms with Gasteiger partial charge in [-0.25, -0.2) is 4.98 Å². The number of rotatable bonds is 5. The van der Waals surface area contributed by atoms with Gasteiger partial charge in [0.05, 0.1) is 13.2 Å². The molecule has 1 heterocycles. The smallest absolute Gasteiger partial charge is 0.218 e. The van der Waals surface area contributed by atoms with E-state index in [2.05, 4.69) is 4.98 Å². The van der Waals surface area contributed by atoms with Crippen LogP contribution in [-0.2, 0) is 0 Å². The van der Waals surface area contributed by atoms with Gasteiger partial charge < -0.3 is 9.84 Å². The monoisotopic (exact) mass is 207 g/mol. The Balaban J connectivity index is 1.98. The second-order valence-corrected chi connectivity index (χ2v) is 4.14. The van der Waals surface area contributed by atoms with E-state index in [9.17, 15) is 5.11 Å². The Kier molecular flexibility index (Phi) is 3.21. The van der Waals surface area contributed by atoms with Crippen LogP contribution >= 0.6 is 0 Å². The first-order chi connectivity index (χ1) is 7.31. The summed E-state index contributed by atoms with van der Waals surface area (Å²) >= 11 is 0. The summed E-state index contributed by atoms with van der Waals surface area (Å²) in [5.74, 6) is 1.39.